The topological polar surface area (TPSA) is 55.0 Å². The van der Waals surface area contributed by atoms with Crippen molar-refractivity contribution in [1.82, 2.24) is 9.97 Å². The molecule has 0 aliphatic carbocycles. The number of hydrogen-bond donors (Lipinski definition) is 1. The Hall–Kier alpha value is -2.76. The highest BCUT2D eigenvalue weighted by atomic mass is 19.1. The zero-order valence-corrected chi connectivity index (χ0v) is 10.8. The van der Waals surface area contributed by atoms with Crippen LogP contribution in [0.3, 0.4) is 0 Å². The molecule has 3 rings (SSSR count). The number of rotatable bonds is 3. The first-order valence-electron chi connectivity index (χ1n) is 6.19. The molecule has 0 aliphatic heterocycles. The fourth-order valence-corrected chi connectivity index (χ4v) is 1.94. The highest BCUT2D eigenvalue weighted by Gasteiger charge is 2.08. The van der Waals surface area contributed by atoms with Crippen LogP contribution in [0.1, 0.15) is 5.82 Å². The van der Waals surface area contributed by atoms with E-state index in [0.717, 1.165) is 18.2 Å². The molecule has 1 aromatic heterocycles. The molecule has 106 valence electrons. The van der Waals surface area contributed by atoms with Gasteiger partial charge in [-0.15, -0.1) is 0 Å². The van der Waals surface area contributed by atoms with Crippen molar-refractivity contribution in [2.75, 3.05) is 0 Å². The van der Waals surface area contributed by atoms with Crippen molar-refractivity contribution in [3.63, 3.8) is 0 Å². The minimum absolute atomic E-state index is 0.166. The number of para-hydroxylation sites is 1. The van der Waals surface area contributed by atoms with Gasteiger partial charge in [0.25, 0.3) is 5.56 Å². The van der Waals surface area contributed by atoms with E-state index in [4.69, 9.17) is 4.74 Å². The van der Waals surface area contributed by atoms with Crippen molar-refractivity contribution >= 4 is 10.9 Å². The zero-order valence-electron chi connectivity index (χ0n) is 10.8. The van der Waals surface area contributed by atoms with Gasteiger partial charge in [0, 0.05) is 6.07 Å². The number of aromatic nitrogens is 2. The summed E-state index contributed by atoms with van der Waals surface area (Å²) in [5, 5.41) is 0.457. The SMILES string of the molecule is O=c1[nH]c(COc2cc(F)ccc2F)nc2ccccc12. The molecule has 0 radical (unpaired) electrons. The first-order chi connectivity index (χ1) is 10.1. The number of fused-ring (bicyclic) bond motifs is 1. The third-order valence-corrected chi connectivity index (χ3v) is 2.92. The molecular formula is C15H10F2N2O2. The largest absolute Gasteiger partial charge is 0.483 e. The van der Waals surface area contributed by atoms with E-state index in [1.165, 1.54) is 0 Å². The van der Waals surface area contributed by atoms with E-state index in [0.29, 0.717) is 10.9 Å². The Kier molecular flexibility index (Phi) is 3.35. The summed E-state index contributed by atoms with van der Waals surface area (Å²) >= 11 is 0. The predicted molar refractivity (Wildman–Crippen MR) is 73.1 cm³/mol. The smallest absolute Gasteiger partial charge is 0.258 e. The Balaban J connectivity index is 1.88. The van der Waals surface area contributed by atoms with Crippen LogP contribution < -0.4 is 10.3 Å². The molecule has 0 saturated heterocycles. The van der Waals surface area contributed by atoms with Gasteiger partial charge in [-0.1, -0.05) is 12.1 Å². The highest BCUT2D eigenvalue weighted by molar-refractivity contribution is 5.77. The van der Waals surface area contributed by atoms with Gasteiger partial charge >= 0.3 is 0 Å². The Bertz CT molecular complexity index is 862. The number of halogens is 2. The van der Waals surface area contributed by atoms with Crippen molar-refractivity contribution in [2.45, 2.75) is 6.61 Å². The first-order valence-corrected chi connectivity index (χ1v) is 6.19. The quantitative estimate of drug-likeness (QED) is 0.806. The van der Waals surface area contributed by atoms with Crippen molar-refractivity contribution in [2.24, 2.45) is 0 Å². The molecule has 0 aliphatic rings. The molecule has 0 spiro atoms. The number of nitrogens with one attached hydrogen (secondary N) is 1. The van der Waals surface area contributed by atoms with Crippen LogP contribution in [-0.4, -0.2) is 9.97 Å². The first kappa shape index (κ1) is 13.2. The lowest BCUT2D eigenvalue weighted by molar-refractivity contribution is 0.279. The average molecular weight is 288 g/mol. The van der Waals surface area contributed by atoms with Crippen LogP contribution in [0.4, 0.5) is 8.78 Å². The van der Waals surface area contributed by atoms with Gasteiger partial charge in [0.2, 0.25) is 0 Å². The minimum Gasteiger partial charge on any atom is -0.483 e. The number of H-pyrrole nitrogens is 1. The lowest BCUT2D eigenvalue weighted by Crippen LogP contribution is -2.13. The fourth-order valence-electron chi connectivity index (χ4n) is 1.94. The third kappa shape index (κ3) is 2.74. The van der Waals surface area contributed by atoms with E-state index in [1.54, 1.807) is 24.3 Å². The molecule has 21 heavy (non-hydrogen) atoms. The lowest BCUT2D eigenvalue weighted by Gasteiger charge is -2.07. The lowest BCUT2D eigenvalue weighted by atomic mass is 10.2. The summed E-state index contributed by atoms with van der Waals surface area (Å²) in [6.45, 7) is -0.166. The van der Waals surface area contributed by atoms with Gasteiger partial charge in [0.15, 0.2) is 11.6 Å². The fraction of sp³-hybridized carbons (Fsp3) is 0.0667. The van der Waals surface area contributed by atoms with Gasteiger partial charge in [-0.3, -0.25) is 4.79 Å². The maximum atomic E-state index is 13.4. The van der Waals surface area contributed by atoms with E-state index >= 15 is 0 Å². The van der Waals surface area contributed by atoms with E-state index in [-0.39, 0.29) is 23.7 Å². The molecule has 4 nitrogen and oxygen atoms in total. The van der Waals surface area contributed by atoms with E-state index in [1.807, 2.05) is 0 Å². The van der Waals surface area contributed by atoms with Crippen LogP contribution in [0.2, 0.25) is 0 Å². The Morgan fingerprint density at radius 2 is 1.95 bits per heavy atom. The molecule has 3 aromatic rings. The van der Waals surface area contributed by atoms with E-state index in [9.17, 15) is 13.6 Å². The Morgan fingerprint density at radius 1 is 1.14 bits per heavy atom. The van der Waals surface area contributed by atoms with E-state index < -0.39 is 11.6 Å². The standard InChI is InChI=1S/C15H10F2N2O2/c16-9-5-6-11(17)13(7-9)21-8-14-18-12-4-2-1-3-10(12)15(20)19-14/h1-7H,8H2,(H,18,19,20). The molecular weight excluding hydrogens is 278 g/mol. The Morgan fingerprint density at radius 3 is 2.81 bits per heavy atom. The van der Waals surface area contributed by atoms with Crippen LogP contribution in [-0.2, 0) is 6.61 Å². The molecule has 0 saturated carbocycles. The highest BCUT2D eigenvalue weighted by Crippen LogP contribution is 2.18. The summed E-state index contributed by atoms with van der Waals surface area (Å²) in [5.41, 5.74) is 0.207. The van der Waals surface area contributed by atoms with Crippen LogP contribution in [0, 0.1) is 11.6 Å². The van der Waals surface area contributed by atoms with Crippen molar-refractivity contribution in [3.05, 3.63) is 70.3 Å². The predicted octanol–water partition coefficient (Wildman–Crippen LogP) is 2.78. The van der Waals surface area contributed by atoms with Gasteiger partial charge in [-0.25, -0.2) is 13.8 Å². The molecule has 6 heteroatoms. The number of nitrogens with zero attached hydrogens (tertiary/aromatic N) is 1. The second kappa shape index (κ2) is 5.32. The van der Waals surface area contributed by atoms with Crippen molar-refractivity contribution < 1.29 is 13.5 Å². The number of hydrogen-bond acceptors (Lipinski definition) is 3. The van der Waals surface area contributed by atoms with Crippen LogP contribution in [0.25, 0.3) is 10.9 Å². The molecule has 1 N–H and O–H groups in total. The summed E-state index contributed by atoms with van der Waals surface area (Å²) in [4.78, 5) is 18.6. The summed E-state index contributed by atoms with van der Waals surface area (Å²) in [6.07, 6.45) is 0. The average Bonchev–Trinajstić information content (AvgIpc) is 2.48. The van der Waals surface area contributed by atoms with Crippen molar-refractivity contribution in [3.8, 4) is 5.75 Å². The Labute approximate surface area is 118 Å². The van der Waals surface area contributed by atoms with Crippen molar-refractivity contribution in [1.29, 1.82) is 0 Å². The van der Waals surface area contributed by atoms with Crippen LogP contribution >= 0.6 is 0 Å². The minimum atomic E-state index is -0.681. The molecule has 1 heterocycles. The number of aromatic amines is 1. The zero-order chi connectivity index (χ0) is 14.8. The van der Waals surface area contributed by atoms with Crippen LogP contribution in [0.5, 0.6) is 5.75 Å². The second-order valence-corrected chi connectivity index (χ2v) is 4.39. The molecule has 2 aromatic carbocycles. The number of benzene rings is 2. The molecule has 0 atom stereocenters. The monoisotopic (exact) mass is 288 g/mol. The normalized spacial score (nSPS) is 10.8. The van der Waals surface area contributed by atoms with Gasteiger partial charge in [0.05, 0.1) is 10.9 Å². The summed E-state index contributed by atoms with van der Waals surface area (Å²) < 4.78 is 31.6. The van der Waals surface area contributed by atoms with Gasteiger partial charge in [0.1, 0.15) is 18.2 Å². The summed E-state index contributed by atoms with van der Waals surface area (Å²) in [5.74, 6) is -1.28. The van der Waals surface area contributed by atoms with Gasteiger partial charge < -0.3 is 9.72 Å². The third-order valence-electron chi connectivity index (χ3n) is 2.92. The van der Waals surface area contributed by atoms with Crippen LogP contribution in [0.15, 0.2) is 47.3 Å². The summed E-state index contributed by atoms with van der Waals surface area (Å²) in [7, 11) is 0. The maximum Gasteiger partial charge on any atom is 0.258 e. The number of ether oxygens (including phenoxy) is 1. The second-order valence-electron chi connectivity index (χ2n) is 4.39. The van der Waals surface area contributed by atoms with Gasteiger partial charge in [-0.05, 0) is 24.3 Å². The molecule has 0 amide bonds. The molecule has 0 unspecified atom stereocenters. The van der Waals surface area contributed by atoms with E-state index in [2.05, 4.69) is 9.97 Å². The molecule has 0 fully saturated rings. The molecule has 0 bridgehead atoms. The summed E-state index contributed by atoms with van der Waals surface area (Å²) in [6, 6.07) is 9.74. The maximum absolute atomic E-state index is 13.4. The van der Waals surface area contributed by atoms with Gasteiger partial charge in [-0.2, -0.15) is 0 Å².